The molecule has 0 aliphatic heterocycles. The molecule has 0 fully saturated rings. The molecule has 1 N–H and O–H groups in total. The molecule has 0 unspecified atom stereocenters. The molecule has 0 radical (unpaired) electrons. The zero-order chi connectivity index (χ0) is 14.8. The predicted octanol–water partition coefficient (Wildman–Crippen LogP) is 2.55. The van der Waals surface area contributed by atoms with E-state index in [1.54, 1.807) is 6.26 Å². The highest BCUT2D eigenvalue weighted by molar-refractivity contribution is 5.16. The second-order valence-corrected chi connectivity index (χ2v) is 5.15. The smallest absolute Gasteiger partial charge is 0.122 e. The van der Waals surface area contributed by atoms with Crippen LogP contribution in [0.4, 0.5) is 0 Å². The molecular weight excluding hydrogens is 250 g/mol. The molecule has 0 bridgehead atoms. The van der Waals surface area contributed by atoms with Crippen molar-refractivity contribution in [2.45, 2.75) is 40.3 Å². The van der Waals surface area contributed by atoms with Crippen LogP contribution in [0.3, 0.4) is 0 Å². The predicted molar refractivity (Wildman–Crippen MR) is 84.8 cm³/mol. The van der Waals surface area contributed by atoms with Crippen LogP contribution in [0.2, 0.25) is 0 Å². The van der Waals surface area contributed by atoms with Gasteiger partial charge < -0.3 is 14.6 Å². The first-order valence-electron chi connectivity index (χ1n) is 7.89. The Hall–Kier alpha value is -0.840. The molecule has 0 aliphatic rings. The number of hydrogen-bond acceptors (Lipinski definition) is 4. The molecule has 0 saturated carbocycles. The molecule has 0 spiro atoms. The Bertz CT molecular complexity index is 347. The first-order chi connectivity index (χ1) is 9.74. The van der Waals surface area contributed by atoms with Crippen LogP contribution in [0.5, 0.6) is 0 Å². The van der Waals surface area contributed by atoms with Gasteiger partial charge in [-0.1, -0.05) is 20.8 Å². The van der Waals surface area contributed by atoms with Gasteiger partial charge in [-0.2, -0.15) is 0 Å². The van der Waals surface area contributed by atoms with E-state index in [1.165, 1.54) is 18.5 Å². The largest absolute Gasteiger partial charge is 0.468 e. The summed E-state index contributed by atoms with van der Waals surface area (Å²) in [5, 5.41) is 3.19. The minimum Gasteiger partial charge on any atom is -0.468 e. The van der Waals surface area contributed by atoms with Crippen molar-refractivity contribution in [2.75, 3.05) is 39.8 Å². The summed E-state index contributed by atoms with van der Waals surface area (Å²) in [5.74, 6) is 1.10. The third kappa shape index (κ3) is 5.65. The molecule has 4 nitrogen and oxygen atoms in total. The highest BCUT2D eigenvalue weighted by Crippen LogP contribution is 2.13. The summed E-state index contributed by atoms with van der Waals surface area (Å²) in [6.07, 6.45) is 3.02. The van der Waals surface area contributed by atoms with Gasteiger partial charge in [0, 0.05) is 12.1 Å². The van der Waals surface area contributed by atoms with E-state index in [9.17, 15) is 0 Å². The van der Waals surface area contributed by atoms with Gasteiger partial charge in [-0.15, -0.1) is 0 Å². The van der Waals surface area contributed by atoms with Gasteiger partial charge >= 0.3 is 0 Å². The number of rotatable bonds is 11. The molecule has 0 amide bonds. The molecule has 0 saturated heterocycles. The zero-order valence-electron chi connectivity index (χ0n) is 13.6. The number of nitrogens with zero attached hydrogens (tertiary/aromatic N) is 2. The van der Waals surface area contributed by atoms with Crippen molar-refractivity contribution in [1.29, 1.82) is 0 Å². The highest BCUT2D eigenvalue weighted by Gasteiger charge is 2.11. The minimum atomic E-state index is 0.878. The van der Waals surface area contributed by atoms with Gasteiger partial charge in [-0.3, -0.25) is 4.90 Å². The topological polar surface area (TPSA) is 31.6 Å². The maximum atomic E-state index is 5.63. The molecule has 0 aromatic carbocycles. The Morgan fingerprint density at radius 2 is 1.70 bits per heavy atom. The first kappa shape index (κ1) is 17.2. The highest BCUT2D eigenvalue weighted by atomic mass is 16.3. The lowest BCUT2D eigenvalue weighted by Crippen LogP contribution is -2.30. The van der Waals surface area contributed by atoms with E-state index in [0.717, 1.165) is 45.0 Å². The fourth-order valence-corrected chi connectivity index (χ4v) is 2.46. The molecule has 0 aliphatic carbocycles. The number of furan rings is 1. The van der Waals surface area contributed by atoms with Crippen molar-refractivity contribution in [3.63, 3.8) is 0 Å². The molecule has 1 aromatic rings. The minimum absolute atomic E-state index is 0.878. The van der Waals surface area contributed by atoms with Gasteiger partial charge in [0.1, 0.15) is 5.76 Å². The summed E-state index contributed by atoms with van der Waals surface area (Å²) >= 11 is 0. The zero-order valence-corrected chi connectivity index (χ0v) is 13.6. The maximum absolute atomic E-state index is 5.63. The fourth-order valence-electron chi connectivity index (χ4n) is 2.46. The van der Waals surface area contributed by atoms with Crippen LogP contribution in [-0.4, -0.2) is 49.6 Å². The molecule has 116 valence electrons. The summed E-state index contributed by atoms with van der Waals surface area (Å²) in [5.41, 5.74) is 1.27. The van der Waals surface area contributed by atoms with Crippen molar-refractivity contribution in [3.05, 3.63) is 23.7 Å². The molecule has 4 heteroatoms. The van der Waals surface area contributed by atoms with Gasteiger partial charge in [0.15, 0.2) is 0 Å². The van der Waals surface area contributed by atoms with Crippen LogP contribution in [0.15, 0.2) is 16.7 Å². The van der Waals surface area contributed by atoms with Gasteiger partial charge in [0.25, 0.3) is 0 Å². The van der Waals surface area contributed by atoms with Crippen LogP contribution >= 0.6 is 0 Å². The van der Waals surface area contributed by atoms with E-state index in [1.807, 2.05) is 7.05 Å². The lowest BCUT2D eigenvalue weighted by Gasteiger charge is -2.23. The normalized spacial score (nSPS) is 11.7. The van der Waals surface area contributed by atoms with Crippen LogP contribution < -0.4 is 5.32 Å². The van der Waals surface area contributed by atoms with E-state index in [2.05, 4.69) is 42.0 Å². The number of hydrogen-bond donors (Lipinski definition) is 1. The Balaban J connectivity index is 2.40. The molecule has 1 rings (SSSR count). The van der Waals surface area contributed by atoms with Crippen molar-refractivity contribution in [3.8, 4) is 0 Å². The third-order valence-electron chi connectivity index (χ3n) is 3.86. The Morgan fingerprint density at radius 1 is 1.05 bits per heavy atom. The van der Waals surface area contributed by atoms with Gasteiger partial charge in [0.2, 0.25) is 0 Å². The van der Waals surface area contributed by atoms with Gasteiger partial charge in [-0.05, 0) is 52.3 Å². The van der Waals surface area contributed by atoms with E-state index in [-0.39, 0.29) is 0 Å². The van der Waals surface area contributed by atoms with Gasteiger partial charge in [-0.25, -0.2) is 0 Å². The summed E-state index contributed by atoms with van der Waals surface area (Å²) in [4.78, 5) is 4.94. The lowest BCUT2D eigenvalue weighted by molar-refractivity contribution is 0.225. The molecule has 1 heterocycles. The summed E-state index contributed by atoms with van der Waals surface area (Å²) in [6, 6.07) is 2.07. The Kier molecular flexibility index (Phi) is 8.58. The monoisotopic (exact) mass is 281 g/mol. The maximum Gasteiger partial charge on any atom is 0.122 e. The van der Waals surface area contributed by atoms with E-state index >= 15 is 0 Å². The lowest BCUT2D eigenvalue weighted by atomic mass is 10.2. The number of nitrogens with one attached hydrogen (secondary N) is 1. The standard InChI is InChI=1S/C16H31N3O/c1-5-18(6-2)10-8-11-19(7-3)14-16-15(13-17-4)9-12-20-16/h9,12,17H,5-8,10-11,13-14H2,1-4H3. The SMILES string of the molecule is CCN(CC)CCCN(CC)Cc1occc1CNC. The average molecular weight is 281 g/mol. The van der Waals surface area contributed by atoms with Crippen molar-refractivity contribution >= 4 is 0 Å². The van der Waals surface area contributed by atoms with Crippen molar-refractivity contribution in [2.24, 2.45) is 0 Å². The average Bonchev–Trinajstić information content (AvgIpc) is 2.90. The second kappa shape index (κ2) is 9.97. The van der Waals surface area contributed by atoms with Gasteiger partial charge in [0.05, 0.1) is 12.8 Å². The van der Waals surface area contributed by atoms with E-state index < -0.39 is 0 Å². The van der Waals surface area contributed by atoms with Crippen LogP contribution in [0.1, 0.15) is 38.5 Å². The third-order valence-corrected chi connectivity index (χ3v) is 3.86. The van der Waals surface area contributed by atoms with Crippen molar-refractivity contribution in [1.82, 2.24) is 15.1 Å². The van der Waals surface area contributed by atoms with Crippen molar-refractivity contribution < 1.29 is 4.42 Å². The van der Waals surface area contributed by atoms with E-state index in [0.29, 0.717) is 0 Å². The van der Waals surface area contributed by atoms with Crippen LogP contribution in [-0.2, 0) is 13.1 Å². The quantitative estimate of drug-likeness (QED) is 0.675. The molecule has 0 atom stereocenters. The molecule has 20 heavy (non-hydrogen) atoms. The summed E-state index contributed by atoms with van der Waals surface area (Å²) in [7, 11) is 1.97. The van der Waals surface area contributed by atoms with Crippen LogP contribution in [0, 0.1) is 0 Å². The van der Waals surface area contributed by atoms with E-state index in [4.69, 9.17) is 4.42 Å². The van der Waals surface area contributed by atoms with Crippen LogP contribution in [0.25, 0.3) is 0 Å². The summed E-state index contributed by atoms with van der Waals surface area (Å²) in [6.45, 7) is 14.2. The second-order valence-electron chi connectivity index (χ2n) is 5.15. The Morgan fingerprint density at radius 3 is 2.30 bits per heavy atom. The molecule has 1 aromatic heterocycles. The fraction of sp³-hybridized carbons (Fsp3) is 0.750. The Labute approximate surface area is 124 Å². The summed E-state index contributed by atoms with van der Waals surface area (Å²) < 4.78 is 5.63. The first-order valence-corrected chi connectivity index (χ1v) is 7.89. The molecular formula is C16H31N3O.